The fourth-order valence-corrected chi connectivity index (χ4v) is 4.26. The summed E-state index contributed by atoms with van der Waals surface area (Å²) in [4.78, 5) is 39.3. The van der Waals surface area contributed by atoms with Crippen LogP contribution < -0.4 is 10.2 Å². The van der Waals surface area contributed by atoms with E-state index in [2.05, 4.69) is 20.3 Å². The molecular formula is C23H23F3N6O3S. The van der Waals surface area contributed by atoms with Crippen LogP contribution in [0.1, 0.15) is 34.6 Å². The molecule has 1 aliphatic heterocycles. The number of halogens is 3. The average molecular weight is 521 g/mol. The standard InChI is InChI=1S/C23H23F3N6O3S/c1-15(33)31-8-10-32(11-9-31)20-12-19(23(24,25)26)29-22(30-20)36-14-17-5-6-18(35-17)21(34)28-13-16-4-2-3-7-27-16/h2-7,12H,8-11,13-14H2,1H3,(H,28,34). The second-order valence-corrected chi connectivity index (χ2v) is 8.89. The van der Waals surface area contributed by atoms with Gasteiger partial charge in [-0.05, 0) is 24.3 Å². The zero-order chi connectivity index (χ0) is 25.7. The molecule has 1 saturated heterocycles. The minimum Gasteiger partial charge on any atom is -0.455 e. The molecule has 13 heteroatoms. The van der Waals surface area contributed by atoms with E-state index in [4.69, 9.17) is 4.42 Å². The van der Waals surface area contributed by atoms with Crippen LogP contribution in [0.2, 0.25) is 0 Å². The van der Waals surface area contributed by atoms with E-state index < -0.39 is 17.8 Å². The zero-order valence-corrected chi connectivity index (χ0v) is 20.1. The number of anilines is 1. The van der Waals surface area contributed by atoms with Gasteiger partial charge in [-0.15, -0.1) is 0 Å². The fraction of sp³-hybridized carbons (Fsp3) is 0.348. The summed E-state index contributed by atoms with van der Waals surface area (Å²) in [6.07, 6.45) is -3.02. The highest BCUT2D eigenvalue weighted by Gasteiger charge is 2.34. The molecule has 1 N–H and O–H groups in total. The lowest BCUT2D eigenvalue weighted by Crippen LogP contribution is -2.48. The van der Waals surface area contributed by atoms with Crippen LogP contribution >= 0.6 is 11.8 Å². The van der Waals surface area contributed by atoms with Crippen LogP contribution in [-0.4, -0.2) is 57.8 Å². The maximum atomic E-state index is 13.5. The summed E-state index contributed by atoms with van der Waals surface area (Å²) in [5.74, 6) is 0.243. The average Bonchev–Trinajstić information content (AvgIpc) is 3.35. The predicted octanol–water partition coefficient (Wildman–Crippen LogP) is 3.37. The Balaban J connectivity index is 1.41. The molecule has 3 aromatic rings. The number of rotatable bonds is 7. The molecule has 0 aliphatic carbocycles. The highest BCUT2D eigenvalue weighted by atomic mass is 32.2. The first-order valence-corrected chi connectivity index (χ1v) is 12.0. The van der Waals surface area contributed by atoms with E-state index in [0.29, 0.717) is 37.6 Å². The number of carbonyl (C=O) groups is 2. The van der Waals surface area contributed by atoms with Crippen molar-refractivity contribution in [2.75, 3.05) is 31.1 Å². The summed E-state index contributed by atoms with van der Waals surface area (Å²) in [5, 5.41) is 2.64. The maximum Gasteiger partial charge on any atom is 0.433 e. The number of piperazine rings is 1. The lowest BCUT2D eigenvalue weighted by molar-refractivity contribution is -0.141. The summed E-state index contributed by atoms with van der Waals surface area (Å²) in [6, 6.07) is 9.35. The molecular weight excluding hydrogens is 497 g/mol. The number of alkyl halides is 3. The molecule has 4 rings (SSSR count). The van der Waals surface area contributed by atoms with Crippen LogP contribution in [0.4, 0.5) is 19.0 Å². The second kappa shape index (κ2) is 11.0. The minimum atomic E-state index is -4.64. The topological polar surface area (TPSA) is 104 Å². The van der Waals surface area contributed by atoms with Crippen molar-refractivity contribution in [2.24, 2.45) is 0 Å². The molecule has 36 heavy (non-hydrogen) atoms. The van der Waals surface area contributed by atoms with Crippen LogP contribution in [0.5, 0.6) is 0 Å². The molecule has 1 fully saturated rings. The van der Waals surface area contributed by atoms with Gasteiger partial charge in [-0.2, -0.15) is 13.2 Å². The van der Waals surface area contributed by atoms with Gasteiger partial charge in [0.1, 0.15) is 11.6 Å². The van der Waals surface area contributed by atoms with Crippen LogP contribution in [0, 0.1) is 0 Å². The van der Waals surface area contributed by atoms with Gasteiger partial charge >= 0.3 is 6.18 Å². The zero-order valence-electron chi connectivity index (χ0n) is 19.3. The van der Waals surface area contributed by atoms with Gasteiger partial charge in [0, 0.05) is 45.4 Å². The molecule has 0 radical (unpaired) electrons. The first kappa shape index (κ1) is 25.5. The van der Waals surface area contributed by atoms with Gasteiger partial charge in [-0.1, -0.05) is 17.8 Å². The van der Waals surface area contributed by atoms with E-state index in [-0.39, 0.29) is 34.9 Å². The molecule has 0 spiro atoms. The third-order valence-corrected chi connectivity index (χ3v) is 6.29. The Kier molecular flexibility index (Phi) is 7.77. The number of pyridine rings is 1. The molecule has 0 bridgehead atoms. The largest absolute Gasteiger partial charge is 0.455 e. The molecule has 4 heterocycles. The summed E-state index contributed by atoms with van der Waals surface area (Å²) >= 11 is 0.974. The molecule has 190 valence electrons. The second-order valence-electron chi connectivity index (χ2n) is 7.94. The summed E-state index contributed by atoms with van der Waals surface area (Å²) in [6.45, 7) is 3.23. The van der Waals surface area contributed by atoms with Gasteiger partial charge in [-0.25, -0.2) is 9.97 Å². The minimum absolute atomic E-state index is 0.0635. The van der Waals surface area contributed by atoms with E-state index in [1.807, 2.05) is 6.07 Å². The van der Waals surface area contributed by atoms with Crippen molar-refractivity contribution >= 4 is 29.4 Å². The highest BCUT2D eigenvalue weighted by molar-refractivity contribution is 7.98. The molecule has 0 atom stereocenters. The van der Waals surface area contributed by atoms with Gasteiger partial charge in [-0.3, -0.25) is 14.6 Å². The molecule has 3 aromatic heterocycles. The van der Waals surface area contributed by atoms with Crippen molar-refractivity contribution in [3.05, 3.63) is 65.5 Å². The molecule has 0 aromatic carbocycles. The van der Waals surface area contributed by atoms with Gasteiger partial charge in [0.2, 0.25) is 5.91 Å². The predicted molar refractivity (Wildman–Crippen MR) is 125 cm³/mol. The lowest BCUT2D eigenvalue weighted by Gasteiger charge is -2.35. The first-order valence-electron chi connectivity index (χ1n) is 11.1. The van der Waals surface area contributed by atoms with Crippen LogP contribution in [0.25, 0.3) is 0 Å². The Hall–Kier alpha value is -3.61. The Morgan fingerprint density at radius 1 is 1.11 bits per heavy atom. The molecule has 0 saturated carbocycles. The number of hydrogen-bond acceptors (Lipinski definition) is 8. The van der Waals surface area contributed by atoms with Crippen LogP contribution in [-0.2, 0) is 23.3 Å². The molecule has 1 aliphatic rings. The number of nitrogens with one attached hydrogen (secondary N) is 1. The third-order valence-electron chi connectivity index (χ3n) is 5.42. The first-order chi connectivity index (χ1) is 17.2. The van der Waals surface area contributed by atoms with E-state index in [1.165, 1.54) is 13.0 Å². The molecule has 9 nitrogen and oxygen atoms in total. The number of amides is 2. The van der Waals surface area contributed by atoms with Crippen molar-refractivity contribution in [2.45, 2.75) is 30.6 Å². The number of aromatic nitrogens is 3. The maximum absolute atomic E-state index is 13.5. The van der Waals surface area contributed by atoms with E-state index in [0.717, 1.165) is 17.8 Å². The van der Waals surface area contributed by atoms with Gasteiger partial charge in [0.25, 0.3) is 5.91 Å². The monoisotopic (exact) mass is 520 g/mol. The number of hydrogen-bond donors (Lipinski definition) is 1. The smallest absolute Gasteiger partial charge is 0.433 e. The van der Waals surface area contributed by atoms with Crippen molar-refractivity contribution in [1.29, 1.82) is 0 Å². The normalized spacial score (nSPS) is 14.1. The van der Waals surface area contributed by atoms with Crippen molar-refractivity contribution in [3.8, 4) is 0 Å². The fourth-order valence-electron chi connectivity index (χ4n) is 3.51. The Labute approximate surface area is 209 Å². The third kappa shape index (κ3) is 6.53. The molecule has 2 amide bonds. The number of furan rings is 1. The Bertz CT molecular complexity index is 1210. The van der Waals surface area contributed by atoms with Gasteiger partial charge in [0.05, 0.1) is 18.0 Å². The molecule has 0 unspecified atom stereocenters. The van der Waals surface area contributed by atoms with Gasteiger partial charge < -0.3 is 19.5 Å². The summed E-state index contributed by atoms with van der Waals surface area (Å²) in [7, 11) is 0. The SMILES string of the molecule is CC(=O)N1CCN(c2cc(C(F)(F)F)nc(SCc3ccc(C(=O)NCc4ccccn4)o3)n2)CC1. The van der Waals surface area contributed by atoms with E-state index >= 15 is 0 Å². The van der Waals surface area contributed by atoms with Crippen molar-refractivity contribution in [1.82, 2.24) is 25.2 Å². The quantitative estimate of drug-likeness (QED) is 0.374. The summed E-state index contributed by atoms with van der Waals surface area (Å²) in [5.41, 5.74) is -0.355. The van der Waals surface area contributed by atoms with E-state index in [1.54, 1.807) is 34.2 Å². The van der Waals surface area contributed by atoms with Gasteiger partial charge in [0.15, 0.2) is 16.6 Å². The Morgan fingerprint density at radius 3 is 2.56 bits per heavy atom. The lowest BCUT2D eigenvalue weighted by atomic mass is 10.3. The van der Waals surface area contributed by atoms with E-state index in [9.17, 15) is 22.8 Å². The van der Waals surface area contributed by atoms with Crippen LogP contribution in [0.3, 0.4) is 0 Å². The number of nitrogens with zero attached hydrogens (tertiary/aromatic N) is 5. The van der Waals surface area contributed by atoms with Crippen molar-refractivity contribution in [3.63, 3.8) is 0 Å². The number of carbonyl (C=O) groups excluding carboxylic acids is 2. The van der Waals surface area contributed by atoms with Crippen LogP contribution in [0.15, 0.2) is 52.2 Å². The highest BCUT2D eigenvalue weighted by Crippen LogP contribution is 2.32. The van der Waals surface area contributed by atoms with Crippen molar-refractivity contribution < 1.29 is 27.2 Å². The Morgan fingerprint density at radius 2 is 1.89 bits per heavy atom. The summed E-state index contributed by atoms with van der Waals surface area (Å²) < 4.78 is 46.0. The number of thioether (sulfide) groups is 1.